The number of nitrogens with one attached hydrogen (secondary N) is 1. The van der Waals surface area contributed by atoms with E-state index in [0.29, 0.717) is 0 Å². The number of benzene rings is 1. The number of sulfonamides is 1. The zero-order valence-corrected chi connectivity index (χ0v) is 11.4. The van der Waals surface area contributed by atoms with E-state index in [1.165, 1.54) is 24.5 Å². The zero-order chi connectivity index (χ0) is 14.8. The molecule has 0 aliphatic carbocycles. The van der Waals surface area contributed by atoms with Gasteiger partial charge in [0.25, 0.3) is 5.91 Å². The van der Waals surface area contributed by atoms with E-state index in [9.17, 15) is 13.2 Å². The molecule has 106 valence electrons. The molecule has 8 heteroatoms. The summed E-state index contributed by atoms with van der Waals surface area (Å²) in [6.45, 7) is 1.77. The second-order valence-electron chi connectivity index (χ2n) is 4.19. The van der Waals surface area contributed by atoms with Gasteiger partial charge in [-0.1, -0.05) is 17.3 Å². The normalized spacial score (nSPS) is 12.9. The summed E-state index contributed by atoms with van der Waals surface area (Å²) in [5.74, 6) is -0.373. The van der Waals surface area contributed by atoms with Crippen LogP contribution in [-0.4, -0.2) is 19.5 Å². The van der Waals surface area contributed by atoms with Crippen LogP contribution in [0.15, 0.2) is 46.0 Å². The van der Waals surface area contributed by atoms with Gasteiger partial charge in [-0.15, -0.1) is 0 Å². The van der Waals surface area contributed by atoms with Crippen molar-refractivity contribution in [2.75, 3.05) is 0 Å². The molecule has 0 bridgehead atoms. The average molecular weight is 295 g/mol. The smallest absolute Gasteiger partial charge is 0.273 e. The van der Waals surface area contributed by atoms with Gasteiger partial charge in [-0.25, -0.2) is 13.6 Å². The molecule has 1 aromatic carbocycles. The second-order valence-corrected chi connectivity index (χ2v) is 5.76. The van der Waals surface area contributed by atoms with E-state index >= 15 is 0 Å². The molecule has 0 saturated heterocycles. The van der Waals surface area contributed by atoms with Crippen LogP contribution >= 0.6 is 0 Å². The van der Waals surface area contributed by atoms with Gasteiger partial charge >= 0.3 is 0 Å². The van der Waals surface area contributed by atoms with E-state index in [-0.39, 0.29) is 22.5 Å². The maximum absolute atomic E-state index is 11.8. The van der Waals surface area contributed by atoms with E-state index in [2.05, 4.69) is 15.0 Å². The third-order valence-corrected chi connectivity index (χ3v) is 3.66. The zero-order valence-electron chi connectivity index (χ0n) is 10.6. The predicted octanol–water partition coefficient (Wildman–Crippen LogP) is 0.813. The molecule has 1 unspecified atom stereocenters. The largest absolute Gasteiger partial charge is 0.364 e. The van der Waals surface area contributed by atoms with Crippen LogP contribution in [0.2, 0.25) is 0 Å². The molecule has 20 heavy (non-hydrogen) atoms. The Morgan fingerprint density at radius 1 is 1.30 bits per heavy atom. The third kappa shape index (κ3) is 3.22. The number of nitrogens with two attached hydrogens (primary N) is 1. The lowest BCUT2D eigenvalue weighted by atomic mass is 10.1. The highest BCUT2D eigenvalue weighted by atomic mass is 32.2. The summed E-state index contributed by atoms with van der Waals surface area (Å²) in [7, 11) is -3.71. The van der Waals surface area contributed by atoms with Gasteiger partial charge in [-0.05, 0) is 24.6 Å². The highest BCUT2D eigenvalue weighted by molar-refractivity contribution is 7.89. The van der Waals surface area contributed by atoms with Crippen LogP contribution in [0.1, 0.15) is 29.0 Å². The van der Waals surface area contributed by atoms with E-state index in [0.717, 1.165) is 5.56 Å². The first-order chi connectivity index (χ1) is 9.38. The molecule has 0 fully saturated rings. The summed E-state index contributed by atoms with van der Waals surface area (Å²) >= 11 is 0. The number of nitrogens with zero attached hydrogens (tertiary/aromatic N) is 1. The maximum Gasteiger partial charge on any atom is 0.273 e. The van der Waals surface area contributed by atoms with Crippen LogP contribution in [0.4, 0.5) is 0 Å². The van der Waals surface area contributed by atoms with E-state index < -0.39 is 10.0 Å². The monoisotopic (exact) mass is 295 g/mol. The van der Waals surface area contributed by atoms with Crippen molar-refractivity contribution >= 4 is 15.9 Å². The number of carbonyl (C=O) groups is 1. The molecule has 0 aliphatic heterocycles. The Hall–Kier alpha value is -2.19. The van der Waals surface area contributed by atoms with Crippen LogP contribution in [0.5, 0.6) is 0 Å². The minimum Gasteiger partial charge on any atom is -0.364 e. The number of hydrogen-bond donors (Lipinski definition) is 2. The molecule has 1 atom stereocenters. The quantitative estimate of drug-likeness (QED) is 0.866. The Kier molecular flexibility index (Phi) is 3.86. The minimum absolute atomic E-state index is 0.0243. The van der Waals surface area contributed by atoms with Crippen molar-refractivity contribution in [3.05, 3.63) is 47.9 Å². The molecule has 3 N–H and O–H groups in total. The highest BCUT2D eigenvalue weighted by Gasteiger charge is 2.14. The van der Waals surface area contributed by atoms with Crippen LogP contribution in [0.3, 0.4) is 0 Å². The van der Waals surface area contributed by atoms with Gasteiger partial charge in [-0.3, -0.25) is 4.79 Å². The first-order valence-corrected chi connectivity index (χ1v) is 7.26. The average Bonchev–Trinajstić information content (AvgIpc) is 2.91. The lowest BCUT2D eigenvalue weighted by Crippen LogP contribution is -2.26. The first kappa shape index (κ1) is 14.2. The maximum atomic E-state index is 11.8. The molecule has 0 aliphatic rings. The fourth-order valence-electron chi connectivity index (χ4n) is 1.63. The molecular weight excluding hydrogens is 282 g/mol. The fourth-order valence-corrected chi connectivity index (χ4v) is 2.15. The highest BCUT2D eigenvalue weighted by Crippen LogP contribution is 2.15. The van der Waals surface area contributed by atoms with Gasteiger partial charge in [0.05, 0.1) is 10.9 Å². The molecule has 0 saturated carbocycles. The summed E-state index contributed by atoms with van der Waals surface area (Å²) in [4.78, 5) is 11.8. The molecule has 1 aromatic heterocycles. The van der Waals surface area contributed by atoms with Crippen LogP contribution < -0.4 is 10.5 Å². The Labute approximate surface area is 115 Å². The van der Waals surface area contributed by atoms with Crippen molar-refractivity contribution in [3.8, 4) is 0 Å². The summed E-state index contributed by atoms with van der Waals surface area (Å²) in [5.41, 5.74) is 0.923. The van der Waals surface area contributed by atoms with Gasteiger partial charge in [-0.2, -0.15) is 0 Å². The number of primary sulfonamides is 1. The van der Waals surface area contributed by atoms with Crippen molar-refractivity contribution in [1.82, 2.24) is 10.5 Å². The lowest BCUT2D eigenvalue weighted by molar-refractivity contribution is 0.0930. The van der Waals surface area contributed by atoms with E-state index in [4.69, 9.17) is 5.14 Å². The molecular formula is C12H13N3O4S. The van der Waals surface area contributed by atoms with Gasteiger partial charge in [0.2, 0.25) is 10.0 Å². The Morgan fingerprint density at radius 2 is 1.95 bits per heavy atom. The van der Waals surface area contributed by atoms with Crippen LogP contribution in [0, 0.1) is 0 Å². The van der Waals surface area contributed by atoms with Crippen molar-refractivity contribution in [1.29, 1.82) is 0 Å². The van der Waals surface area contributed by atoms with Gasteiger partial charge in [0, 0.05) is 6.07 Å². The fraction of sp³-hybridized carbons (Fsp3) is 0.167. The molecule has 0 spiro atoms. The molecule has 2 rings (SSSR count). The predicted molar refractivity (Wildman–Crippen MR) is 70.2 cm³/mol. The summed E-state index contributed by atoms with van der Waals surface area (Å²) < 4.78 is 26.9. The molecule has 0 radical (unpaired) electrons. The molecule has 1 amide bonds. The number of hydrogen-bond acceptors (Lipinski definition) is 5. The van der Waals surface area contributed by atoms with Crippen molar-refractivity contribution in [2.45, 2.75) is 17.9 Å². The van der Waals surface area contributed by atoms with Crippen LogP contribution in [-0.2, 0) is 10.0 Å². The number of aromatic nitrogens is 1. The standard InChI is InChI=1S/C12H13N3O4S/c1-8(14-12(16)11-6-7-19-15-11)9-2-4-10(5-3-9)20(13,17)18/h2-8H,1H3,(H,14,16)(H2,13,17,18). The number of amides is 1. The van der Waals surface area contributed by atoms with Gasteiger partial charge in [0.1, 0.15) is 6.26 Å². The van der Waals surface area contributed by atoms with E-state index in [1.807, 2.05) is 0 Å². The Morgan fingerprint density at radius 3 is 2.45 bits per heavy atom. The summed E-state index contributed by atoms with van der Waals surface area (Å²) in [6, 6.07) is 7.11. The van der Waals surface area contributed by atoms with Crippen LogP contribution in [0.25, 0.3) is 0 Å². The van der Waals surface area contributed by atoms with Crippen molar-refractivity contribution in [2.24, 2.45) is 5.14 Å². The molecule has 2 aromatic rings. The first-order valence-electron chi connectivity index (χ1n) is 5.72. The van der Waals surface area contributed by atoms with E-state index in [1.54, 1.807) is 19.1 Å². The van der Waals surface area contributed by atoms with Crippen molar-refractivity contribution in [3.63, 3.8) is 0 Å². The number of carbonyl (C=O) groups excluding carboxylic acids is 1. The third-order valence-electron chi connectivity index (χ3n) is 2.73. The molecule has 1 heterocycles. The number of rotatable bonds is 4. The molecule has 7 nitrogen and oxygen atoms in total. The lowest BCUT2D eigenvalue weighted by Gasteiger charge is -2.13. The second kappa shape index (κ2) is 5.43. The Balaban J connectivity index is 2.10. The Bertz CT molecular complexity index is 693. The summed E-state index contributed by atoms with van der Waals surface area (Å²) in [5, 5.41) is 11.3. The summed E-state index contributed by atoms with van der Waals surface area (Å²) in [6.07, 6.45) is 1.31. The van der Waals surface area contributed by atoms with Gasteiger partial charge < -0.3 is 9.84 Å². The SMILES string of the molecule is CC(NC(=O)c1ccon1)c1ccc(S(N)(=O)=O)cc1. The minimum atomic E-state index is -3.71. The van der Waals surface area contributed by atoms with Gasteiger partial charge in [0.15, 0.2) is 5.69 Å². The topological polar surface area (TPSA) is 115 Å². The van der Waals surface area contributed by atoms with Crippen molar-refractivity contribution < 1.29 is 17.7 Å².